The quantitative estimate of drug-likeness (QED) is 0.748. The summed E-state index contributed by atoms with van der Waals surface area (Å²) in [6.07, 6.45) is 1.52. The largest absolute Gasteiger partial charge is 0.244 e. The van der Waals surface area contributed by atoms with Gasteiger partial charge in [0.2, 0.25) is 10.0 Å². The van der Waals surface area contributed by atoms with E-state index in [1.807, 2.05) is 6.07 Å². The molecule has 0 saturated heterocycles. The van der Waals surface area contributed by atoms with Gasteiger partial charge in [0, 0.05) is 13.1 Å². The highest BCUT2D eigenvalue weighted by Gasteiger charge is 2.24. The summed E-state index contributed by atoms with van der Waals surface area (Å²) in [7, 11) is -3.62. The van der Waals surface area contributed by atoms with Gasteiger partial charge in [-0.25, -0.2) is 8.42 Å². The van der Waals surface area contributed by atoms with Crippen molar-refractivity contribution in [3.63, 3.8) is 0 Å². The van der Waals surface area contributed by atoms with Crippen molar-refractivity contribution < 1.29 is 8.42 Å². The molecule has 1 aromatic rings. The van der Waals surface area contributed by atoms with E-state index in [1.54, 1.807) is 19.1 Å². The number of benzene rings is 1. The number of likely N-dealkylation sites (N-methyl/N-ethyl adjacent to an activating group) is 1. The van der Waals surface area contributed by atoms with E-state index in [9.17, 15) is 8.42 Å². The van der Waals surface area contributed by atoms with Gasteiger partial charge in [-0.15, -0.1) is 6.58 Å². The zero-order valence-electron chi connectivity index (χ0n) is 9.63. The SMILES string of the molecule is C=CCN(CC)S(=O)(=O)c1ccccc1C#N. The van der Waals surface area contributed by atoms with Crippen LogP contribution in [0.1, 0.15) is 12.5 Å². The van der Waals surface area contributed by atoms with Crippen molar-refractivity contribution in [1.29, 1.82) is 5.26 Å². The fourth-order valence-electron chi connectivity index (χ4n) is 1.46. The van der Waals surface area contributed by atoms with Crippen LogP contribution in [0.5, 0.6) is 0 Å². The second-order valence-corrected chi connectivity index (χ2v) is 5.26. The van der Waals surface area contributed by atoms with Gasteiger partial charge in [-0.1, -0.05) is 25.1 Å². The van der Waals surface area contributed by atoms with Crippen LogP contribution in [-0.2, 0) is 10.0 Å². The molecule has 4 nitrogen and oxygen atoms in total. The Balaban J connectivity index is 3.30. The van der Waals surface area contributed by atoms with Gasteiger partial charge in [0.1, 0.15) is 6.07 Å². The van der Waals surface area contributed by atoms with Crippen LogP contribution in [0.4, 0.5) is 0 Å². The Kier molecular flexibility index (Phi) is 4.44. The summed E-state index contributed by atoms with van der Waals surface area (Å²) in [4.78, 5) is 0.0474. The lowest BCUT2D eigenvalue weighted by Gasteiger charge is -2.19. The number of hydrogen-bond acceptors (Lipinski definition) is 3. The molecule has 0 fully saturated rings. The van der Waals surface area contributed by atoms with Gasteiger partial charge in [0.25, 0.3) is 0 Å². The number of nitriles is 1. The Morgan fingerprint density at radius 1 is 1.47 bits per heavy atom. The number of sulfonamides is 1. The molecular weight excluding hydrogens is 236 g/mol. The third kappa shape index (κ3) is 2.73. The van der Waals surface area contributed by atoms with Gasteiger partial charge in [-0.3, -0.25) is 0 Å². The van der Waals surface area contributed by atoms with E-state index >= 15 is 0 Å². The molecule has 0 atom stereocenters. The van der Waals surface area contributed by atoms with Crippen LogP contribution < -0.4 is 0 Å². The van der Waals surface area contributed by atoms with E-state index in [4.69, 9.17) is 5.26 Å². The molecule has 0 unspecified atom stereocenters. The van der Waals surface area contributed by atoms with E-state index in [-0.39, 0.29) is 17.0 Å². The van der Waals surface area contributed by atoms with Crippen LogP contribution in [0.25, 0.3) is 0 Å². The lowest BCUT2D eigenvalue weighted by molar-refractivity contribution is 0.459. The predicted molar refractivity (Wildman–Crippen MR) is 65.8 cm³/mol. The second-order valence-electron chi connectivity index (χ2n) is 3.35. The maximum atomic E-state index is 12.3. The van der Waals surface area contributed by atoms with Crippen molar-refractivity contribution >= 4 is 10.0 Å². The van der Waals surface area contributed by atoms with Crippen molar-refractivity contribution in [3.8, 4) is 6.07 Å². The van der Waals surface area contributed by atoms with Crippen LogP contribution >= 0.6 is 0 Å². The topological polar surface area (TPSA) is 61.2 Å². The zero-order valence-corrected chi connectivity index (χ0v) is 10.4. The molecule has 5 heteroatoms. The molecule has 90 valence electrons. The minimum absolute atomic E-state index is 0.0474. The Morgan fingerprint density at radius 2 is 2.12 bits per heavy atom. The summed E-state index contributed by atoms with van der Waals surface area (Å²) in [6, 6.07) is 8.08. The summed E-state index contributed by atoms with van der Waals surface area (Å²) < 4.78 is 25.8. The summed E-state index contributed by atoms with van der Waals surface area (Å²) in [6.45, 7) is 5.85. The first-order valence-corrected chi connectivity index (χ1v) is 6.62. The van der Waals surface area contributed by atoms with Gasteiger partial charge in [-0.05, 0) is 12.1 Å². The predicted octanol–water partition coefficient (Wildman–Crippen LogP) is 1.75. The van der Waals surface area contributed by atoms with Crippen molar-refractivity contribution in [2.45, 2.75) is 11.8 Å². The van der Waals surface area contributed by atoms with Crippen LogP contribution in [0, 0.1) is 11.3 Å². The van der Waals surface area contributed by atoms with Gasteiger partial charge in [-0.2, -0.15) is 9.57 Å². The first-order valence-electron chi connectivity index (χ1n) is 5.18. The van der Waals surface area contributed by atoms with Crippen molar-refractivity contribution in [2.24, 2.45) is 0 Å². The fraction of sp³-hybridized carbons (Fsp3) is 0.250. The molecule has 17 heavy (non-hydrogen) atoms. The lowest BCUT2D eigenvalue weighted by Crippen LogP contribution is -2.31. The molecule has 0 N–H and O–H groups in total. The van der Waals surface area contributed by atoms with Gasteiger partial charge in [0.05, 0.1) is 10.5 Å². The summed E-state index contributed by atoms with van der Waals surface area (Å²) in [5.74, 6) is 0. The molecule has 1 aromatic carbocycles. The molecule has 0 aliphatic carbocycles. The van der Waals surface area contributed by atoms with E-state index in [2.05, 4.69) is 6.58 Å². The maximum Gasteiger partial charge on any atom is 0.244 e. The van der Waals surface area contributed by atoms with Crippen molar-refractivity contribution in [3.05, 3.63) is 42.5 Å². The maximum absolute atomic E-state index is 12.3. The molecule has 0 saturated carbocycles. The Bertz CT molecular complexity index is 544. The lowest BCUT2D eigenvalue weighted by atomic mass is 10.2. The number of hydrogen-bond donors (Lipinski definition) is 0. The molecule has 1 rings (SSSR count). The Morgan fingerprint density at radius 3 is 2.65 bits per heavy atom. The van der Waals surface area contributed by atoms with E-state index in [0.29, 0.717) is 6.54 Å². The third-order valence-corrected chi connectivity index (χ3v) is 4.31. The minimum atomic E-state index is -3.62. The standard InChI is InChI=1S/C12H14N2O2S/c1-3-9-14(4-2)17(15,16)12-8-6-5-7-11(12)10-13/h3,5-8H,1,4,9H2,2H3. The molecule has 0 amide bonds. The highest BCUT2D eigenvalue weighted by molar-refractivity contribution is 7.89. The average Bonchev–Trinajstić information content (AvgIpc) is 2.35. The van der Waals surface area contributed by atoms with Crippen LogP contribution in [0.15, 0.2) is 41.8 Å². The van der Waals surface area contributed by atoms with E-state index < -0.39 is 10.0 Å². The molecule has 0 spiro atoms. The van der Waals surface area contributed by atoms with Crippen LogP contribution in [0.3, 0.4) is 0 Å². The molecule has 0 aliphatic rings. The summed E-state index contributed by atoms with van der Waals surface area (Å²) >= 11 is 0. The number of nitrogens with zero attached hydrogens (tertiary/aromatic N) is 2. The molecule has 0 bridgehead atoms. The van der Waals surface area contributed by atoms with Crippen LogP contribution in [-0.4, -0.2) is 25.8 Å². The third-order valence-electron chi connectivity index (χ3n) is 2.31. The molecular formula is C12H14N2O2S. The van der Waals surface area contributed by atoms with E-state index in [0.717, 1.165) is 0 Å². The Labute approximate surface area is 102 Å². The smallest absolute Gasteiger partial charge is 0.207 e. The fourth-order valence-corrected chi connectivity index (χ4v) is 3.03. The molecule has 0 radical (unpaired) electrons. The van der Waals surface area contributed by atoms with Gasteiger partial charge < -0.3 is 0 Å². The van der Waals surface area contributed by atoms with Crippen molar-refractivity contribution in [2.75, 3.05) is 13.1 Å². The number of rotatable bonds is 5. The van der Waals surface area contributed by atoms with Crippen molar-refractivity contribution in [1.82, 2.24) is 4.31 Å². The van der Waals surface area contributed by atoms with Gasteiger partial charge >= 0.3 is 0 Å². The molecule has 0 aliphatic heterocycles. The first kappa shape index (κ1) is 13.4. The minimum Gasteiger partial charge on any atom is -0.207 e. The summed E-state index contributed by atoms with van der Waals surface area (Å²) in [5, 5.41) is 8.91. The average molecular weight is 250 g/mol. The second kappa shape index (κ2) is 5.62. The normalized spacial score (nSPS) is 11.1. The first-order chi connectivity index (χ1) is 8.07. The monoisotopic (exact) mass is 250 g/mol. The van der Waals surface area contributed by atoms with Gasteiger partial charge in [0.15, 0.2) is 0 Å². The van der Waals surface area contributed by atoms with Crippen LogP contribution in [0.2, 0.25) is 0 Å². The molecule has 0 heterocycles. The zero-order chi connectivity index (χ0) is 12.9. The van der Waals surface area contributed by atoms with E-state index in [1.165, 1.54) is 22.5 Å². The summed E-state index contributed by atoms with van der Waals surface area (Å²) in [5.41, 5.74) is 0.162. The Hall–Kier alpha value is -1.64. The molecule has 0 aromatic heterocycles. The highest BCUT2D eigenvalue weighted by Crippen LogP contribution is 2.19. The highest BCUT2D eigenvalue weighted by atomic mass is 32.2.